The molecule has 106 valence electrons. The summed E-state index contributed by atoms with van der Waals surface area (Å²) in [7, 11) is 0. The fourth-order valence-corrected chi connectivity index (χ4v) is 2.12. The Kier molecular flexibility index (Phi) is 4.08. The van der Waals surface area contributed by atoms with Crippen molar-refractivity contribution in [2.75, 3.05) is 0 Å². The number of alkyl halides is 1. The lowest BCUT2D eigenvalue weighted by Crippen LogP contribution is -2.04. The van der Waals surface area contributed by atoms with Gasteiger partial charge in [0.25, 0.3) is 0 Å². The highest BCUT2D eigenvalue weighted by Gasteiger charge is 2.26. The van der Waals surface area contributed by atoms with Gasteiger partial charge in [0.1, 0.15) is 5.82 Å². The van der Waals surface area contributed by atoms with Crippen molar-refractivity contribution in [2.45, 2.75) is 5.33 Å². The molecule has 0 atom stereocenters. The lowest BCUT2D eigenvalue weighted by atomic mass is 10.0. The van der Waals surface area contributed by atoms with Gasteiger partial charge in [-0.15, -0.1) is 0 Å². The summed E-state index contributed by atoms with van der Waals surface area (Å²) in [4.78, 5) is 0. The third-order valence-corrected chi connectivity index (χ3v) is 3.30. The van der Waals surface area contributed by atoms with Crippen molar-refractivity contribution >= 4 is 15.9 Å². The van der Waals surface area contributed by atoms with E-state index in [0.29, 0.717) is 0 Å². The van der Waals surface area contributed by atoms with E-state index in [0.717, 1.165) is 12.1 Å². The number of hydrogen-bond donors (Lipinski definition) is 0. The summed E-state index contributed by atoms with van der Waals surface area (Å²) in [5, 5.41) is 0.149. The average Bonchev–Trinajstić information content (AvgIpc) is 2.43. The minimum Gasteiger partial charge on any atom is -0.207 e. The van der Waals surface area contributed by atoms with Gasteiger partial charge in [-0.3, -0.25) is 0 Å². The van der Waals surface area contributed by atoms with Crippen LogP contribution in [-0.4, -0.2) is 0 Å². The van der Waals surface area contributed by atoms with Crippen LogP contribution in [0.4, 0.5) is 26.3 Å². The van der Waals surface area contributed by atoms with Crippen molar-refractivity contribution in [2.24, 2.45) is 0 Å². The molecule has 0 saturated heterocycles. The normalized spacial score (nSPS) is 10.9. The molecule has 0 amide bonds. The maximum atomic E-state index is 13.5. The van der Waals surface area contributed by atoms with E-state index in [1.54, 1.807) is 0 Å². The Labute approximate surface area is 118 Å². The summed E-state index contributed by atoms with van der Waals surface area (Å²) in [6.45, 7) is 0. The van der Waals surface area contributed by atoms with Gasteiger partial charge in [-0.1, -0.05) is 28.1 Å². The van der Waals surface area contributed by atoms with Gasteiger partial charge < -0.3 is 0 Å². The molecule has 2 aromatic carbocycles. The van der Waals surface area contributed by atoms with Crippen LogP contribution < -0.4 is 0 Å². The second-order valence-electron chi connectivity index (χ2n) is 3.88. The van der Waals surface area contributed by atoms with Crippen LogP contribution in [0.1, 0.15) is 5.56 Å². The van der Waals surface area contributed by atoms with Crippen LogP contribution >= 0.6 is 15.9 Å². The van der Waals surface area contributed by atoms with Crippen LogP contribution in [0.25, 0.3) is 11.1 Å². The minimum absolute atomic E-state index is 0.149. The van der Waals surface area contributed by atoms with Crippen molar-refractivity contribution in [3.63, 3.8) is 0 Å². The molecule has 0 spiro atoms. The number of rotatable bonds is 2. The second-order valence-corrected chi connectivity index (χ2v) is 4.45. The van der Waals surface area contributed by atoms with Crippen molar-refractivity contribution in [1.29, 1.82) is 0 Å². The molecule has 0 aromatic heterocycles. The van der Waals surface area contributed by atoms with Crippen LogP contribution in [0, 0.1) is 34.9 Å². The van der Waals surface area contributed by atoms with Gasteiger partial charge in [0.2, 0.25) is 5.82 Å². The van der Waals surface area contributed by atoms with Gasteiger partial charge in [0, 0.05) is 5.33 Å². The van der Waals surface area contributed by atoms with Crippen LogP contribution in [-0.2, 0) is 5.33 Å². The van der Waals surface area contributed by atoms with Crippen molar-refractivity contribution in [1.82, 2.24) is 0 Å². The maximum Gasteiger partial charge on any atom is 0.200 e. The fourth-order valence-electron chi connectivity index (χ4n) is 1.67. The van der Waals surface area contributed by atoms with E-state index in [9.17, 15) is 26.3 Å². The van der Waals surface area contributed by atoms with E-state index >= 15 is 0 Å². The Hall–Kier alpha value is -1.50. The summed E-state index contributed by atoms with van der Waals surface area (Å²) in [5.41, 5.74) is -1.39. The lowest BCUT2D eigenvalue weighted by molar-refractivity contribution is 0.381. The Morgan fingerprint density at radius 1 is 0.750 bits per heavy atom. The van der Waals surface area contributed by atoms with Gasteiger partial charge in [-0.05, 0) is 17.2 Å². The van der Waals surface area contributed by atoms with Crippen molar-refractivity contribution in [3.8, 4) is 11.1 Å². The summed E-state index contributed by atoms with van der Waals surface area (Å²) < 4.78 is 79.7. The minimum atomic E-state index is -2.25. The molecule has 0 saturated carbocycles. The summed E-state index contributed by atoms with van der Waals surface area (Å²) in [5.74, 6) is -11.2. The Morgan fingerprint density at radius 3 is 1.70 bits per heavy atom. The van der Waals surface area contributed by atoms with E-state index in [4.69, 9.17) is 0 Å². The zero-order valence-corrected chi connectivity index (χ0v) is 11.2. The average molecular weight is 355 g/mol. The monoisotopic (exact) mass is 354 g/mol. The lowest BCUT2D eigenvalue weighted by Gasteiger charge is -2.09. The van der Waals surface area contributed by atoms with Gasteiger partial charge >= 0.3 is 0 Å². The summed E-state index contributed by atoms with van der Waals surface area (Å²) in [6, 6.07) is 2.99. The van der Waals surface area contributed by atoms with Gasteiger partial charge in [0.05, 0.1) is 5.56 Å². The van der Waals surface area contributed by atoms with E-state index in [-0.39, 0.29) is 10.9 Å². The van der Waals surface area contributed by atoms with Crippen molar-refractivity contribution < 1.29 is 26.3 Å². The predicted molar refractivity (Wildman–Crippen MR) is 64.3 cm³/mol. The fraction of sp³-hybridized carbons (Fsp3) is 0.0769. The first-order valence-electron chi connectivity index (χ1n) is 5.24. The Balaban J connectivity index is 2.73. The first kappa shape index (κ1) is 14.9. The van der Waals surface area contributed by atoms with E-state index in [1.807, 2.05) is 0 Å². The Morgan fingerprint density at radius 2 is 1.25 bits per heavy atom. The first-order chi connectivity index (χ1) is 9.38. The van der Waals surface area contributed by atoms with Gasteiger partial charge in [-0.2, -0.15) is 0 Å². The molecular formula is C13H5BrF6. The number of benzene rings is 2. The third kappa shape index (κ3) is 2.30. The molecule has 0 unspecified atom stereocenters. The molecule has 2 rings (SSSR count). The zero-order chi connectivity index (χ0) is 15.0. The Bertz CT molecular complexity index is 654. The summed E-state index contributed by atoms with van der Waals surface area (Å²) in [6.07, 6.45) is 0. The first-order valence-corrected chi connectivity index (χ1v) is 6.36. The van der Waals surface area contributed by atoms with Crippen LogP contribution in [0.15, 0.2) is 18.2 Å². The van der Waals surface area contributed by atoms with Crippen LogP contribution in [0.5, 0.6) is 0 Å². The second kappa shape index (κ2) is 5.47. The summed E-state index contributed by atoms with van der Waals surface area (Å²) >= 11 is 2.99. The molecule has 0 aliphatic heterocycles. The zero-order valence-electron chi connectivity index (χ0n) is 9.58. The molecule has 0 N–H and O–H groups in total. The molecule has 0 radical (unpaired) electrons. The van der Waals surface area contributed by atoms with Gasteiger partial charge in [-0.25, -0.2) is 26.3 Å². The molecule has 0 nitrogen and oxygen atoms in total. The molecule has 0 aliphatic rings. The molecule has 2 aromatic rings. The van der Waals surface area contributed by atoms with E-state index in [2.05, 4.69) is 15.9 Å². The third-order valence-electron chi connectivity index (χ3n) is 2.70. The maximum absolute atomic E-state index is 13.5. The van der Waals surface area contributed by atoms with Crippen LogP contribution in [0.2, 0.25) is 0 Å². The largest absolute Gasteiger partial charge is 0.207 e. The predicted octanol–water partition coefficient (Wildman–Crippen LogP) is 5.08. The molecule has 0 bridgehead atoms. The van der Waals surface area contributed by atoms with Gasteiger partial charge in [0.15, 0.2) is 23.3 Å². The highest BCUT2D eigenvalue weighted by molar-refractivity contribution is 9.08. The molecule has 0 aliphatic carbocycles. The number of halogens is 7. The molecular weight excluding hydrogens is 350 g/mol. The van der Waals surface area contributed by atoms with Crippen molar-refractivity contribution in [3.05, 3.63) is 58.7 Å². The van der Waals surface area contributed by atoms with Crippen LogP contribution in [0.3, 0.4) is 0 Å². The highest BCUT2D eigenvalue weighted by Crippen LogP contribution is 2.32. The highest BCUT2D eigenvalue weighted by atomic mass is 79.9. The molecule has 0 heterocycles. The smallest absolute Gasteiger partial charge is 0.200 e. The number of hydrogen-bond acceptors (Lipinski definition) is 0. The SMILES string of the molecule is Fc1cc(-c2c(F)c(F)c(F)c(F)c2F)ccc1CBr. The molecule has 0 fully saturated rings. The van der Waals surface area contributed by atoms with E-state index in [1.165, 1.54) is 6.07 Å². The topological polar surface area (TPSA) is 0 Å². The molecule has 20 heavy (non-hydrogen) atoms. The van der Waals surface area contributed by atoms with E-state index < -0.39 is 46.0 Å². The standard InChI is InChI=1S/C13H5BrF6/c14-4-6-2-1-5(3-7(6)15)8-9(16)11(18)13(20)12(19)10(8)17/h1-3H,4H2. The molecule has 7 heteroatoms. The quantitative estimate of drug-likeness (QED) is 0.305.